The highest BCUT2D eigenvalue weighted by Crippen LogP contribution is 2.36. The van der Waals surface area contributed by atoms with Crippen molar-refractivity contribution >= 4 is 17.2 Å². The van der Waals surface area contributed by atoms with E-state index in [4.69, 9.17) is 0 Å². The third-order valence-corrected chi connectivity index (χ3v) is 4.93. The first-order valence-electron chi connectivity index (χ1n) is 6.77. The van der Waals surface area contributed by atoms with E-state index >= 15 is 0 Å². The molecule has 1 aromatic heterocycles. The average molecular weight is 264 g/mol. The van der Waals surface area contributed by atoms with Gasteiger partial charge in [-0.2, -0.15) is 0 Å². The SMILES string of the molecule is CC(=O)NC1CC(c2cccs2)CN(C2CC2)C1. The minimum absolute atomic E-state index is 0.0996. The molecule has 1 aromatic rings. The van der Waals surface area contributed by atoms with Crippen LogP contribution in [-0.4, -0.2) is 36.0 Å². The number of carbonyl (C=O) groups excluding carboxylic acids is 1. The van der Waals surface area contributed by atoms with Gasteiger partial charge in [0.15, 0.2) is 0 Å². The van der Waals surface area contributed by atoms with Crippen molar-refractivity contribution < 1.29 is 4.79 Å². The fourth-order valence-electron chi connectivity index (χ4n) is 2.99. The maximum absolute atomic E-state index is 11.3. The van der Waals surface area contributed by atoms with Crippen LogP contribution in [0.25, 0.3) is 0 Å². The Kier molecular flexibility index (Phi) is 3.39. The van der Waals surface area contributed by atoms with Gasteiger partial charge in [0, 0.05) is 42.9 Å². The van der Waals surface area contributed by atoms with Gasteiger partial charge < -0.3 is 5.32 Å². The molecule has 1 aliphatic carbocycles. The summed E-state index contributed by atoms with van der Waals surface area (Å²) in [4.78, 5) is 15.3. The highest BCUT2D eigenvalue weighted by atomic mass is 32.1. The van der Waals surface area contributed by atoms with Crippen LogP contribution >= 0.6 is 11.3 Å². The van der Waals surface area contributed by atoms with Crippen LogP contribution in [0.1, 0.15) is 37.0 Å². The number of carbonyl (C=O) groups is 1. The van der Waals surface area contributed by atoms with Gasteiger partial charge >= 0.3 is 0 Å². The first kappa shape index (κ1) is 12.2. The highest BCUT2D eigenvalue weighted by molar-refractivity contribution is 7.10. The zero-order valence-corrected chi connectivity index (χ0v) is 11.6. The van der Waals surface area contributed by atoms with E-state index in [1.165, 1.54) is 24.3 Å². The van der Waals surface area contributed by atoms with Gasteiger partial charge in [-0.15, -0.1) is 11.3 Å². The third-order valence-electron chi connectivity index (χ3n) is 3.90. The van der Waals surface area contributed by atoms with Crippen molar-refractivity contribution in [2.45, 2.75) is 44.2 Å². The molecule has 1 saturated heterocycles. The van der Waals surface area contributed by atoms with Crippen LogP contribution in [-0.2, 0) is 4.79 Å². The molecule has 0 radical (unpaired) electrons. The number of hydrogen-bond donors (Lipinski definition) is 1. The number of nitrogens with one attached hydrogen (secondary N) is 1. The van der Waals surface area contributed by atoms with Crippen LogP contribution in [0.5, 0.6) is 0 Å². The van der Waals surface area contributed by atoms with Crippen molar-refractivity contribution in [3.8, 4) is 0 Å². The zero-order valence-electron chi connectivity index (χ0n) is 10.8. The molecule has 4 heteroatoms. The first-order valence-corrected chi connectivity index (χ1v) is 7.65. The maximum Gasteiger partial charge on any atom is 0.217 e. The second-order valence-corrected chi connectivity index (χ2v) is 6.51. The number of nitrogens with zero attached hydrogens (tertiary/aromatic N) is 1. The minimum Gasteiger partial charge on any atom is -0.352 e. The van der Waals surface area contributed by atoms with Gasteiger partial charge in [0.25, 0.3) is 0 Å². The molecule has 0 spiro atoms. The summed E-state index contributed by atoms with van der Waals surface area (Å²) >= 11 is 1.85. The lowest BCUT2D eigenvalue weighted by molar-refractivity contribution is -0.120. The van der Waals surface area contributed by atoms with Crippen molar-refractivity contribution in [2.24, 2.45) is 0 Å². The molecule has 18 heavy (non-hydrogen) atoms. The van der Waals surface area contributed by atoms with E-state index in [0.717, 1.165) is 19.0 Å². The zero-order chi connectivity index (χ0) is 12.5. The number of hydrogen-bond acceptors (Lipinski definition) is 3. The van der Waals surface area contributed by atoms with Crippen LogP contribution < -0.4 is 5.32 Å². The van der Waals surface area contributed by atoms with Crippen LogP contribution in [0.15, 0.2) is 17.5 Å². The summed E-state index contributed by atoms with van der Waals surface area (Å²) < 4.78 is 0. The molecule has 2 unspecified atom stereocenters. The molecule has 2 atom stereocenters. The quantitative estimate of drug-likeness (QED) is 0.908. The Morgan fingerprint density at radius 1 is 1.44 bits per heavy atom. The van der Waals surface area contributed by atoms with E-state index in [-0.39, 0.29) is 5.91 Å². The summed E-state index contributed by atoms with van der Waals surface area (Å²) in [5.74, 6) is 0.693. The molecule has 0 bridgehead atoms. The van der Waals surface area contributed by atoms with Gasteiger partial charge in [-0.25, -0.2) is 0 Å². The largest absolute Gasteiger partial charge is 0.352 e. The average Bonchev–Trinajstić information content (AvgIpc) is 3.03. The molecular weight excluding hydrogens is 244 g/mol. The molecule has 2 heterocycles. The molecule has 0 aromatic carbocycles. The molecule has 1 saturated carbocycles. The van der Waals surface area contributed by atoms with Crippen LogP contribution in [0.4, 0.5) is 0 Å². The molecule has 2 aliphatic rings. The summed E-state index contributed by atoms with van der Waals surface area (Å²) in [5, 5.41) is 5.26. The Labute approximate surface area is 112 Å². The summed E-state index contributed by atoms with van der Waals surface area (Å²) in [5.41, 5.74) is 0. The third kappa shape index (κ3) is 2.75. The van der Waals surface area contributed by atoms with Crippen molar-refractivity contribution in [1.29, 1.82) is 0 Å². The summed E-state index contributed by atoms with van der Waals surface area (Å²) in [6, 6.07) is 5.47. The van der Waals surface area contributed by atoms with E-state index < -0.39 is 0 Å². The van der Waals surface area contributed by atoms with Gasteiger partial charge in [0.05, 0.1) is 0 Å². The van der Waals surface area contributed by atoms with Crippen molar-refractivity contribution in [1.82, 2.24) is 10.2 Å². The lowest BCUT2D eigenvalue weighted by Gasteiger charge is -2.38. The topological polar surface area (TPSA) is 32.3 Å². The molecule has 2 fully saturated rings. The number of piperidine rings is 1. The Morgan fingerprint density at radius 3 is 2.89 bits per heavy atom. The maximum atomic E-state index is 11.3. The van der Waals surface area contributed by atoms with Crippen LogP contribution in [0.3, 0.4) is 0 Å². The van der Waals surface area contributed by atoms with Gasteiger partial charge in [-0.1, -0.05) is 6.07 Å². The highest BCUT2D eigenvalue weighted by Gasteiger charge is 2.36. The standard InChI is InChI=1S/C14H20N2OS/c1-10(17)15-12-7-11(14-3-2-6-18-14)8-16(9-12)13-4-5-13/h2-3,6,11-13H,4-5,7-9H2,1H3,(H,15,17). The lowest BCUT2D eigenvalue weighted by atomic mass is 9.92. The van der Waals surface area contributed by atoms with Crippen LogP contribution in [0, 0.1) is 0 Å². The fraction of sp³-hybridized carbons (Fsp3) is 0.643. The molecule has 1 aliphatic heterocycles. The summed E-state index contributed by atoms with van der Waals surface area (Å²) in [6.45, 7) is 3.82. The van der Waals surface area contributed by atoms with Gasteiger partial charge in [-0.3, -0.25) is 9.69 Å². The Balaban J connectivity index is 1.71. The molecule has 3 nitrogen and oxygen atoms in total. The minimum atomic E-state index is 0.0996. The predicted octanol–water partition coefficient (Wildman–Crippen LogP) is 2.20. The number of likely N-dealkylation sites (tertiary alicyclic amines) is 1. The summed E-state index contributed by atoms with van der Waals surface area (Å²) in [6.07, 6.45) is 3.76. The molecule has 98 valence electrons. The fourth-order valence-corrected chi connectivity index (χ4v) is 3.83. The van der Waals surface area contributed by atoms with E-state index in [0.29, 0.717) is 12.0 Å². The van der Waals surface area contributed by atoms with Crippen LogP contribution in [0.2, 0.25) is 0 Å². The van der Waals surface area contributed by atoms with Gasteiger partial charge in [0.1, 0.15) is 0 Å². The monoisotopic (exact) mass is 264 g/mol. The van der Waals surface area contributed by atoms with Crippen molar-refractivity contribution in [3.63, 3.8) is 0 Å². The second-order valence-electron chi connectivity index (χ2n) is 5.53. The Bertz CT molecular complexity index is 413. The predicted molar refractivity (Wildman–Crippen MR) is 73.9 cm³/mol. The Hall–Kier alpha value is -0.870. The second kappa shape index (κ2) is 5.02. The van der Waals surface area contributed by atoms with E-state index in [2.05, 4.69) is 27.7 Å². The normalized spacial score (nSPS) is 29.2. The van der Waals surface area contributed by atoms with E-state index in [9.17, 15) is 4.79 Å². The van der Waals surface area contributed by atoms with Crippen molar-refractivity contribution in [2.75, 3.05) is 13.1 Å². The first-order chi connectivity index (χ1) is 8.72. The Morgan fingerprint density at radius 2 is 2.28 bits per heavy atom. The number of amides is 1. The molecule has 3 rings (SSSR count). The van der Waals surface area contributed by atoms with Gasteiger partial charge in [0.2, 0.25) is 5.91 Å². The summed E-state index contributed by atoms with van der Waals surface area (Å²) in [7, 11) is 0. The smallest absolute Gasteiger partial charge is 0.217 e. The number of thiophene rings is 1. The lowest BCUT2D eigenvalue weighted by Crippen LogP contribution is -2.50. The molecular formula is C14H20N2OS. The van der Waals surface area contributed by atoms with E-state index in [1.54, 1.807) is 6.92 Å². The molecule has 1 amide bonds. The molecule has 1 N–H and O–H groups in total. The van der Waals surface area contributed by atoms with E-state index in [1.807, 2.05) is 11.3 Å². The number of rotatable bonds is 3. The van der Waals surface area contributed by atoms with Crippen molar-refractivity contribution in [3.05, 3.63) is 22.4 Å². The van der Waals surface area contributed by atoms with Gasteiger partial charge in [-0.05, 0) is 30.7 Å².